The molecule has 4 atom stereocenters. The Labute approximate surface area is 202 Å². The predicted molar refractivity (Wildman–Crippen MR) is 128 cm³/mol. The zero-order chi connectivity index (χ0) is 25.0. The fourth-order valence-corrected chi connectivity index (χ4v) is 5.29. The van der Waals surface area contributed by atoms with E-state index in [9.17, 15) is 9.36 Å². The van der Waals surface area contributed by atoms with Crippen molar-refractivity contribution in [2.45, 2.75) is 25.4 Å². The minimum atomic E-state index is -3.91. The van der Waals surface area contributed by atoms with Gasteiger partial charge in [-0.1, -0.05) is 30.4 Å². The molecule has 0 radical (unpaired) electrons. The number of esters is 1. The molecule has 4 rings (SSSR count). The van der Waals surface area contributed by atoms with Crippen LogP contribution in [0.25, 0.3) is 11.2 Å². The van der Waals surface area contributed by atoms with E-state index in [4.69, 9.17) is 24.3 Å². The minimum absolute atomic E-state index is 0.0796. The van der Waals surface area contributed by atoms with E-state index in [0.717, 1.165) is 0 Å². The number of carbonyl (C=O) groups is 1. The Balaban J connectivity index is 1.46. The number of nitrogen functional groups attached to an aromatic ring is 1. The molecular weight excluding hydrogens is 475 g/mol. The van der Waals surface area contributed by atoms with Crippen LogP contribution in [0.4, 0.5) is 5.95 Å². The number of nitrogens with two attached hydrogens (primary N) is 1. The van der Waals surface area contributed by atoms with Gasteiger partial charge in [-0.05, 0) is 25.5 Å². The molecule has 0 aliphatic heterocycles. The van der Waals surface area contributed by atoms with E-state index in [1.54, 1.807) is 36.7 Å². The molecule has 0 saturated carbocycles. The van der Waals surface area contributed by atoms with Crippen LogP contribution in [0, 0.1) is 5.92 Å². The van der Waals surface area contributed by atoms with Gasteiger partial charge in [0.05, 0.1) is 33.2 Å². The molecule has 0 spiro atoms. The van der Waals surface area contributed by atoms with Gasteiger partial charge in [-0.25, -0.2) is 9.55 Å². The second kappa shape index (κ2) is 10.4. The molecule has 3 aromatic rings. The van der Waals surface area contributed by atoms with E-state index >= 15 is 0 Å². The van der Waals surface area contributed by atoms with Gasteiger partial charge in [-0.2, -0.15) is 15.1 Å². The number of hydrogen-bond acceptors (Lipinski definition) is 10. The summed E-state index contributed by atoms with van der Waals surface area (Å²) in [6, 6.07) is 7.61. The highest BCUT2D eigenvalue weighted by molar-refractivity contribution is 7.52. The predicted octanol–water partition coefficient (Wildman–Crippen LogP) is 2.89. The number of nitrogens with one attached hydrogen (secondary N) is 1. The van der Waals surface area contributed by atoms with Crippen LogP contribution in [-0.4, -0.2) is 52.4 Å². The molecule has 35 heavy (non-hydrogen) atoms. The number of anilines is 1. The molecule has 12 nitrogen and oxygen atoms in total. The highest BCUT2D eigenvalue weighted by Gasteiger charge is 2.34. The van der Waals surface area contributed by atoms with Crippen molar-refractivity contribution in [3.05, 3.63) is 48.8 Å². The summed E-state index contributed by atoms with van der Waals surface area (Å²) >= 11 is 0. The number of benzene rings is 1. The lowest BCUT2D eigenvalue weighted by atomic mass is 10.1. The zero-order valence-electron chi connectivity index (χ0n) is 19.5. The SMILES string of the molecule is COC(=O)[C@H](C)NP(=O)(OC[C@@H]1C=C[C@H](n2cnc3c(OC)nc(N)nc32)C1)Oc1ccccc1. The Morgan fingerprint density at radius 2 is 2.03 bits per heavy atom. The summed E-state index contributed by atoms with van der Waals surface area (Å²) in [5, 5.41) is 2.65. The molecule has 3 N–H and O–H groups in total. The fraction of sp³-hybridized carbons (Fsp3) is 0.364. The first-order valence-electron chi connectivity index (χ1n) is 10.9. The summed E-state index contributed by atoms with van der Waals surface area (Å²) < 4.78 is 36.8. The number of hydrogen-bond donors (Lipinski definition) is 2. The number of methoxy groups -OCH3 is 2. The van der Waals surface area contributed by atoms with Crippen molar-refractivity contribution in [1.29, 1.82) is 0 Å². The highest BCUT2D eigenvalue weighted by Crippen LogP contribution is 2.46. The van der Waals surface area contributed by atoms with E-state index in [2.05, 4.69) is 20.0 Å². The van der Waals surface area contributed by atoms with Crippen LogP contribution in [0.1, 0.15) is 19.4 Å². The summed E-state index contributed by atoms with van der Waals surface area (Å²) in [4.78, 5) is 24.6. The van der Waals surface area contributed by atoms with Crippen LogP contribution in [-0.2, 0) is 18.6 Å². The number of imidazole rings is 1. The molecule has 1 aliphatic rings. The zero-order valence-corrected chi connectivity index (χ0v) is 20.4. The van der Waals surface area contributed by atoms with Gasteiger partial charge in [-0.15, -0.1) is 0 Å². The molecule has 2 aromatic heterocycles. The molecule has 1 aliphatic carbocycles. The van der Waals surface area contributed by atoms with E-state index in [-0.39, 0.29) is 24.5 Å². The number of ether oxygens (including phenoxy) is 2. The van der Waals surface area contributed by atoms with E-state index < -0.39 is 19.8 Å². The number of rotatable bonds is 10. The summed E-state index contributed by atoms with van der Waals surface area (Å²) in [6.07, 6.45) is 6.25. The van der Waals surface area contributed by atoms with Crippen LogP contribution in [0.2, 0.25) is 0 Å². The van der Waals surface area contributed by atoms with Gasteiger partial charge in [-0.3, -0.25) is 9.32 Å². The quantitative estimate of drug-likeness (QED) is 0.239. The summed E-state index contributed by atoms with van der Waals surface area (Å²) in [6.45, 7) is 1.61. The molecule has 1 aromatic carbocycles. The number of para-hydroxylation sites is 1. The molecule has 0 amide bonds. The third kappa shape index (κ3) is 5.61. The van der Waals surface area contributed by atoms with Crippen LogP contribution in [0.15, 0.2) is 48.8 Å². The van der Waals surface area contributed by atoms with E-state index in [1.165, 1.54) is 21.1 Å². The molecule has 0 fully saturated rings. The number of fused-ring (bicyclic) bond motifs is 1. The molecule has 13 heteroatoms. The number of carbonyl (C=O) groups excluding carboxylic acids is 1. The minimum Gasteiger partial charge on any atom is -0.479 e. The topological polar surface area (TPSA) is 153 Å². The van der Waals surface area contributed by atoms with Crippen LogP contribution in [0.5, 0.6) is 11.6 Å². The maximum Gasteiger partial charge on any atom is 0.459 e. The first-order valence-corrected chi connectivity index (χ1v) is 12.4. The van der Waals surface area contributed by atoms with Crippen molar-refractivity contribution in [3.8, 4) is 11.6 Å². The van der Waals surface area contributed by atoms with Crippen molar-refractivity contribution in [2.24, 2.45) is 5.92 Å². The second-order valence-corrected chi connectivity index (χ2v) is 9.63. The monoisotopic (exact) mass is 502 g/mol. The number of allylic oxidation sites excluding steroid dienone is 1. The smallest absolute Gasteiger partial charge is 0.459 e. The van der Waals surface area contributed by atoms with Gasteiger partial charge in [0.15, 0.2) is 11.2 Å². The van der Waals surface area contributed by atoms with E-state index in [1.807, 2.05) is 16.7 Å². The lowest BCUT2D eigenvalue weighted by molar-refractivity contribution is -0.142. The normalized spacial score (nSPS) is 19.9. The van der Waals surface area contributed by atoms with Gasteiger partial charge in [0.1, 0.15) is 11.8 Å². The maximum atomic E-state index is 13.5. The second-order valence-electron chi connectivity index (χ2n) is 7.93. The molecule has 186 valence electrons. The van der Waals surface area contributed by atoms with Gasteiger partial charge in [0, 0.05) is 5.92 Å². The first kappa shape index (κ1) is 24.6. The van der Waals surface area contributed by atoms with Crippen LogP contribution >= 0.6 is 7.75 Å². The van der Waals surface area contributed by atoms with Crippen molar-refractivity contribution < 1.29 is 27.9 Å². The van der Waals surface area contributed by atoms with Crippen molar-refractivity contribution in [2.75, 3.05) is 26.6 Å². The van der Waals surface area contributed by atoms with Crippen LogP contribution < -0.4 is 20.1 Å². The molecule has 1 unspecified atom stereocenters. The average Bonchev–Trinajstić information content (AvgIpc) is 3.49. The number of aromatic nitrogens is 4. The molecule has 0 bridgehead atoms. The summed E-state index contributed by atoms with van der Waals surface area (Å²) in [7, 11) is -1.16. The number of nitrogens with zero attached hydrogens (tertiary/aromatic N) is 4. The first-order chi connectivity index (χ1) is 16.8. The van der Waals surface area contributed by atoms with Crippen molar-refractivity contribution in [1.82, 2.24) is 24.6 Å². The van der Waals surface area contributed by atoms with Gasteiger partial charge in [0.2, 0.25) is 11.8 Å². The molecular formula is C22H27N6O6P. The Kier molecular flexibility index (Phi) is 7.34. The Morgan fingerprint density at radius 1 is 1.26 bits per heavy atom. The van der Waals surface area contributed by atoms with Gasteiger partial charge in [0.25, 0.3) is 0 Å². The molecule has 2 heterocycles. The largest absolute Gasteiger partial charge is 0.479 e. The van der Waals surface area contributed by atoms with Crippen molar-refractivity contribution >= 4 is 30.8 Å². The van der Waals surface area contributed by atoms with Gasteiger partial charge >= 0.3 is 13.7 Å². The van der Waals surface area contributed by atoms with Crippen LogP contribution in [0.3, 0.4) is 0 Å². The standard InChI is InChI=1S/C22H27N6O6P/c1-14(21(29)32-3)27-35(30,34-17-7-5-4-6-8-17)33-12-15-9-10-16(11-15)28-13-24-18-19(28)25-22(23)26-20(18)31-2/h4-10,13-16H,11-12H2,1-3H3,(H,27,30)(H2,23,25,26)/t14-,15+,16-,35?/m0/s1. The van der Waals surface area contributed by atoms with Gasteiger partial charge < -0.3 is 24.3 Å². The Morgan fingerprint density at radius 3 is 2.74 bits per heavy atom. The average molecular weight is 502 g/mol. The highest BCUT2D eigenvalue weighted by atomic mass is 31.2. The molecule has 0 saturated heterocycles. The third-order valence-corrected chi connectivity index (χ3v) is 7.08. The van der Waals surface area contributed by atoms with E-state index in [0.29, 0.717) is 29.2 Å². The fourth-order valence-electron chi connectivity index (χ4n) is 3.74. The summed E-state index contributed by atoms with van der Waals surface area (Å²) in [5.41, 5.74) is 6.88. The lowest BCUT2D eigenvalue weighted by Gasteiger charge is -2.23. The maximum absolute atomic E-state index is 13.5. The Bertz CT molecular complexity index is 1270. The lowest BCUT2D eigenvalue weighted by Crippen LogP contribution is -2.34. The summed E-state index contributed by atoms with van der Waals surface area (Å²) in [5.74, 6) is 0.0634. The Hall–Kier alpha value is -3.47. The third-order valence-electron chi connectivity index (χ3n) is 5.44. The van der Waals surface area contributed by atoms with Crippen molar-refractivity contribution in [3.63, 3.8) is 0 Å².